The molecule has 0 aromatic heterocycles. The van der Waals surface area contributed by atoms with Gasteiger partial charge in [0.15, 0.2) is 0 Å². The SMILES string of the molecule is Cc1c(CC2=NCCN2)ccc(NS(C)(=O)=O)c1F. The quantitative estimate of drug-likeness (QED) is 0.868. The zero-order chi connectivity index (χ0) is 14.0. The van der Waals surface area contributed by atoms with Crippen molar-refractivity contribution in [3.05, 3.63) is 29.1 Å². The van der Waals surface area contributed by atoms with Crippen molar-refractivity contribution in [3.8, 4) is 0 Å². The number of hydrogen-bond donors (Lipinski definition) is 2. The van der Waals surface area contributed by atoms with Gasteiger partial charge in [0, 0.05) is 13.0 Å². The first kappa shape index (κ1) is 13.8. The third-order valence-electron chi connectivity index (χ3n) is 2.90. The summed E-state index contributed by atoms with van der Waals surface area (Å²) in [4.78, 5) is 4.26. The number of aliphatic imine (C=N–C) groups is 1. The molecule has 0 saturated heterocycles. The molecule has 1 heterocycles. The Kier molecular flexibility index (Phi) is 3.75. The molecule has 0 atom stereocenters. The van der Waals surface area contributed by atoms with Crippen LogP contribution in [-0.4, -0.2) is 33.6 Å². The van der Waals surface area contributed by atoms with Crippen LogP contribution in [0.4, 0.5) is 10.1 Å². The summed E-state index contributed by atoms with van der Waals surface area (Å²) in [6, 6.07) is 3.16. The number of amidine groups is 1. The van der Waals surface area contributed by atoms with E-state index in [9.17, 15) is 12.8 Å². The van der Waals surface area contributed by atoms with Gasteiger partial charge in [-0.3, -0.25) is 9.71 Å². The highest BCUT2D eigenvalue weighted by Crippen LogP contribution is 2.22. The zero-order valence-electron chi connectivity index (χ0n) is 10.8. The molecule has 2 rings (SSSR count). The molecular formula is C12H16FN3O2S. The van der Waals surface area contributed by atoms with Gasteiger partial charge in [0.2, 0.25) is 10.0 Å². The van der Waals surface area contributed by atoms with Crippen molar-refractivity contribution in [2.45, 2.75) is 13.3 Å². The van der Waals surface area contributed by atoms with Gasteiger partial charge in [-0.1, -0.05) is 6.07 Å². The van der Waals surface area contributed by atoms with E-state index in [2.05, 4.69) is 15.0 Å². The zero-order valence-corrected chi connectivity index (χ0v) is 11.6. The van der Waals surface area contributed by atoms with Crippen LogP contribution in [0, 0.1) is 12.7 Å². The second kappa shape index (κ2) is 5.16. The van der Waals surface area contributed by atoms with E-state index in [0.29, 0.717) is 12.0 Å². The van der Waals surface area contributed by atoms with Crippen molar-refractivity contribution >= 4 is 21.5 Å². The average Bonchev–Trinajstić information content (AvgIpc) is 2.80. The van der Waals surface area contributed by atoms with Crippen LogP contribution in [0.2, 0.25) is 0 Å². The van der Waals surface area contributed by atoms with Crippen molar-refractivity contribution in [1.82, 2.24) is 5.32 Å². The number of hydrogen-bond acceptors (Lipinski definition) is 4. The Labute approximate surface area is 112 Å². The molecule has 2 N–H and O–H groups in total. The summed E-state index contributed by atoms with van der Waals surface area (Å²) in [5.74, 6) is 0.299. The predicted molar refractivity (Wildman–Crippen MR) is 73.6 cm³/mol. The van der Waals surface area contributed by atoms with Crippen LogP contribution in [0.15, 0.2) is 17.1 Å². The molecule has 104 valence electrons. The molecule has 0 amide bonds. The van der Waals surface area contributed by atoms with E-state index in [1.54, 1.807) is 13.0 Å². The molecule has 0 unspecified atom stereocenters. The number of halogens is 1. The summed E-state index contributed by atoms with van der Waals surface area (Å²) in [5.41, 5.74) is 1.21. The van der Waals surface area contributed by atoms with Crippen molar-refractivity contribution in [2.75, 3.05) is 24.1 Å². The van der Waals surface area contributed by atoms with Crippen molar-refractivity contribution in [3.63, 3.8) is 0 Å². The largest absolute Gasteiger partial charge is 0.372 e. The van der Waals surface area contributed by atoms with Crippen LogP contribution < -0.4 is 10.0 Å². The van der Waals surface area contributed by atoms with Gasteiger partial charge in [-0.05, 0) is 24.1 Å². The summed E-state index contributed by atoms with van der Waals surface area (Å²) in [7, 11) is -3.48. The Morgan fingerprint density at radius 2 is 2.21 bits per heavy atom. The predicted octanol–water partition coefficient (Wildman–Crippen LogP) is 1.05. The van der Waals surface area contributed by atoms with Gasteiger partial charge in [-0.15, -0.1) is 0 Å². The molecule has 19 heavy (non-hydrogen) atoms. The van der Waals surface area contributed by atoms with Crippen LogP contribution in [0.25, 0.3) is 0 Å². The number of benzene rings is 1. The van der Waals surface area contributed by atoms with E-state index in [1.807, 2.05) is 0 Å². The van der Waals surface area contributed by atoms with Gasteiger partial charge in [0.1, 0.15) is 11.7 Å². The van der Waals surface area contributed by atoms with E-state index < -0.39 is 15.8 Å². The van der Waals surface area contributed by atoms with Crippen molar-refractivity contribution in [2.24, 2.45) is 4.99 Å². The Hall–Kier alpha value is -1.63. The third kappa shape index (κ3) is 3.44. The maximum Gasteiger partial charge on any atom is 0.229 e. The fourth-order valence-electron chi connectivity index (χ4n) is 1.94. The second-order valence-corrected chi connectivity index (χ2v) is 6.27. The van der Waals surface area contributed by atoms with E-state index in [0.717, 1.165) is 30.7 Å². The molecule has 0 spiro atoms. The molecule has 5 nitrogen and oxygen atoms in total. The van der Waals surface area contributed by atoms with Crippen LogP contribution in [0.1, 0.15) is 11.1 Å². The number of rotatable bonds is 4. The van der Waals surface area contributed by atoms with Gasteiger partial charge in [-0.2, -0.15) is 0 Å². The van der Waals surface area contributed by atoms with Gasteiger partial charge < -0.3 is 5.32 Å². The lowest BCUT2D eigenvalue weighted by atomic mass is 10.0. The van der Waals surface area contributed by atoms with Crippen LogP contribution in [0.5, 0.6) is 0 Å². The molecule has 0 bridgehead atoms. The number of anilines is 1. The van der Waals surface area contributed by atoms with Gasteiger partial charge in [0.25, 0.3) is 0 Å². The maximum absolute atomic E-state index is 14.1. The summed E-state index contributed by atoms with van der Waals surface area (Å²) in [6.45, 7) is 3.18. The Bertz CT molecular complexity index is 626. The lowest BCUT2D eigenvalue weighted by molar-refractivity contribution is 0.602. The van der Waals surface area contributed by atoms with Gasteiger partial charge in [-0.25, -0.2) is 12.8 Å². The summed E-state index contributed by atoms with van der Waals surface area (Å²) in [5, 5.41) is 3.12. The first-order valence-corrected chi connectivity index (χ1v) is 7.79. The summed E-state index contributed by atoms with van der Waals surface area (Å²) >= 11 is 0. The minimum atomic E-state index is -3.48. The Morgan fingerprint density at radius 1 is 1.47 bits per heavy atom. The van der Waals surface area contributed by atoms with Crippen molar-refractivity contribution in [1.29, 1.82) is 0 Å². The molecule has 1 aliphatic heterocycles. The Morgan fingerprint density at radius 3 is 2.79 bits per heavy atom. The molecule has 0 radical (unpaired) electrons. The first-order valence-electron chi connectivity index (χ1n) is 5.90. The maximum atomic E-state index is 14.1. The monoisotopic (exact) mass is 285 g/mol. The van der Waals surface area contributed by atoms with Gasteiger partial charge >= 0.3 is 0 Å². The van der Waals surface area contributed by atoms with E-state index >= 15 is 0 Å². The molecular weight excluding hydrogens is 269 g/mol. The fourth-order valence-corrected chi connectivity index (χ4v) is 2.50. The molecule has 0 saturated carbocycles. The minimum Gasteiger partial charge on any atom is -0.372 e. The second-order valence-electron chi connectivity index (χ2n) is 4.52. The fraction of sp³-hybridized carbons (Fsp3) is 0.417. The van der Waals surface area contributed by atoms with E-state index in [-0.39, 0.29) is 5.69 Å². The number of nitrogens with one attached hydrogen (secondary N) is 2. The first-order chi connectivity index (χ1) is 8.87. The highest BCUT2D eigenvalue weighted by atomic mass is 32.2. The molecule has 1 aromatic carbocycles. The van der Waals surface area contributed by atoms with Crippen LogP contribution in [-0.2, 0) is 16.4 Å². The molecule has 0 aliphatic carbocycles. The van der Waals surface area contributed by atoms with Crippen molar-refractivity contribution < 1.29 is 12.8 Å². The summed E-state index contributed by atoms with van der Waals surface area (Å²) < 4.78 is 38.5. The lowest BCUT2D eigenvalue weighted by Crippen LogP contribution is -2.21. The minimum absolute atomic E-state index is 0.0231. The highest BCUT2D eigenvalue weighted by Gasteiger charge is 2.15. The molecule has 0 fully saturated rings. The third-order valence-corrected chi connectivity index (χ3v) is 3.49. The number of sulfonamides is 1. The lowest BCUT2D eigenvalue weighted by Gasteiger charge is -2.12. The summed E-state index contributed by atoms with van der Waals surface area (Å²) in [6.07, 6.45) is 1.52. The number of nitrogens with zero attached hydrogens (tertiary/aromatic N) is 1. The highest BCUT2D eigenvalue weighted by molar-refractivity contribution is 7.92. The van der Waals surface area contributed by atoms with Crippen LogP contribution >= 0.6 is 0 Å². The molecule has 1 aromatic rings. The molecule has 1 aliphatic rings. The van der Waals surface area contributed by atoms with E-state index in [4.69, 9.17) is 0 Å². The average molecular weight is 285 g/mol. The topological polar surface area (TPSA) is 70.6 Å². The molecule has 7 heteroatoms. The smallest absolute Gasteiger partial charge is 0.229 e. The normalized spacial score (nSPS) is 15.0. The van der Waals surface area contributed by atoms with E-state index in [1.165, 1.54) is 6.07 Å². The Balaban J connectivity index is 2.26. The van der Waals surface area contributed by atoms with Crippen LogP contribution in [0.3, 0.4) is 0 Å². The standard InChI is InChI=1S/C12H16FN3O2S/c1-8-9(7-11-14-5-6-15-11)3-4-10(12(8)13)16-19(2,17)18/h3-4,16H,5-7H2,1-2H3,(H,14,15). The van der Waals surface area contributed by atoms with Gasteiger partial charge in [0.05, 0.1) is 18.5 Å².